The highest BCUT2D eigenvalue weighted by atomic mass is 16.6. The molecule has 128 valence electrons. The number of carbonyl (C=O) groups is 2. The maximum atomic E-state index is 12.7. The van der Waals surface area contributed by atoms with E-state index in [-0.39, 0.29) is 29.3 Å². The minimum atomic E-state index is -0.292. The molecule has 1 atom stereocenters. The van der Waals surface area contributed by atoms with Crippen molar-refractivity contribution in [2.75, 3.05) is 7.11 Å². The zero-order valence-electron chi connectivity index (χ0n) is 14.0. The molecule has 1 heterocycles. The van der Waals surface area contributed by atoms with Crippen molar-refractivity contribution in [2.24, 2.45) is 0 Å². The van der Waals surface area contributed by atoms with Gasteiger partial charge in [0.25, 0.3) is 5.91 Å². The molecule has 1 unspecified atom stereocenters. The van der Waals surface area contributed by atoms with Crippen LogP contribution in [0.15, 0.2) is 66.1 Å². The second kappa shape index (κ2) is 7.19. The predicted molar refractivity (Wildman–Crippen MR) is 93.2 cm³/mol. The largest absolute Gasteiger partial charge is 0.359 e. The number of rotatable bonds is 4. The highest BCUT2D eigenvalue weighted by molar-refractivity contribution is 5.99. The van der Waals surface area contributed by atoms with E-state index in [1.54, 1.807) is 6.07 Å². The first-order valence-corrected chi connectivity index (χ1v) is 7.87. The Kier molecular flexibility index (Phi) is 4.81. The van der Waals surface area contributed by atoms with Crippen LogP contribution in [0.2, 0.25) is 0 Å². The lowest BCUT2D eigenvalue weighted by Gasteiger charge is -2.22. The molecule has 0 aliphatic carbocycles. The molecule has 6 nitrogen and oxygen atoms in total. The number of Topliss-reactive ketones (excluding diaryl/α,β-unsaturated/α-hetero) is 1. The Labute approximate surface area is 145 Å². The van der Waals surface area contributed by atoms with Gasteiger partial charge in [-0.1, -0.05) is 48.5 Å². The number of amides is 1. The highest BCUT2D eigenvalue weighted by Gasteiger charge is 2.28. The predicted octanol–water partition coefficient (Wildman–Crippen LogP) is 2.02. The maximum absolute atomic E-state index is 12.7. The SMILES string of the molecule is CON/C(C(C)=O)=C1/NC(=O)c2ccccc2C(c2ccccc2)N1. The van der Waals surface area contributed by atoms with Crippen LogP contribution in [-0.2, 0) is 9.63 Å². The topological polar surface area (TPSA) is 79.5 Å². The van der Waals surface area contributed by atoms with E-state index in [2.05, 4.69) is 16.1 Å². The number of nitrogens with one attached hydrogen (secondary N) is 3. The summed E-state index contributed by atoms with van der Waals surface area (Å²) < 4.78 is 0. The smallest absolute Gasteiger partial charge is 0.257 e. The van der Waals surface area contributed by atoms with E-state index < -0.39 is 0 Å². The minimum Gasteiger partial charge on any atom is -0.359 e. The van der Waals surface area contributed by atoms with E-state index >= 15 is 0 Å². The normalized spacial score (nSPS) is 18.3. The summed E-state index contributed by atoms with van der Waals surface area (Å²) in [6.07, 6.45) is 0. The molecule has 2 aromatic rings. The minimum absolute atomic E-state index is 0.157. The molecule has 0 saturated heterocycles. The van der Waals surface area contributed by atoms with Crippen LogP contribution < -0.4 is 16.1 Å². The van der Waals surface area contributed by atoms with Gasteiger partial charge >= 0.3 is 0 Å². The van der Waals surface area contributed by atoms with Gasteiger partial charge in [0.15, 0.2) is 5.78 Å². The fourth-order valence-electron chi connectivity index (χ4n) is 2.84. The van der Waals surface area contributed by atoms with Crippen molar-refractivity contribution < 1.29 is 14.4 Å². The summed E-state index contributed by atoms with van der Waals surface area (Å²) in [5, 5.41) is 6.04. The lowest BCUT2D eigenvalue weighted by molar-refractivity contribution is -0.115. The quantitative estimate of drug-likeness (QED) is 0.588. The highest BCUT2D eigenvalue weighted by Crippen LogP contribution is 2.28. The molecule has 0 radical (unpaired) electrons. The lowest BCUT2D eigenvalue weighted by Crippen LogP contribution is -2.36. The van der Waals surface area contributed by atoms with E-state index in [1.807, 2.05) is 48.5 Å². The number of hydrogen-bond donors (Lipinski definition) is 3. The average molecular weight is 337 g/mol. The maximum Gasteiger partial charge on any atom is 0.257 e. The van der Waals surface area contributed by atoms with E-state index in [0.29, 0.717) is 5.56 Å². The van der Waals surface area contributed by atoms with Gasteiger partial charge < -0.3 is 10.6 Å². The second-order valence-electron chi connectivity index (χ2n) is 5.64. The number of hydroxylamine groups is 1. The third kappa shape index (κ3) is 3.39. The first-order chi connectivity index (χ1) is 12.1. The Morgan fingerprint density at radius 3 is 2.44 bits per heavy atom. The number of carbonyl (C=O) groups excluding carboxylic acids is 2. The molecule has 3 N–H and O–H groups in total. The molecule has 0 fully saturated rings. The van der Waals surface area contributed by atoms with E-state index in [4.69, 9.17) is 4.84 Å². The summed E-state index contributed by atoms with van der Waals surface area (Å²) in [5.41, 5.74) is 5.07. The zero-order chi connectivity index (χ0) is 17.8. The van der Waals surface area contributed by atoms with Crippen LogP contribution in [-0.4, -0.2) is 18.8 Å². The van der Waals surface area contributed by atoms with Gasteiger partial charge in [0.1, 0.15) is 11.5 Å². The molecule has 3 rings (SSSR count). The fourth-order valence-corrected chi connectivity index (χ4v) is 2.84. The first-order valence-electron chi connectivity index (χ1n) is 7.87. The molecule has 1 aliphatic heterocycles. The molecule has 0 spiro atoms. The Morgan fingerprint density at radius 1 is 1.08 bits per heavy atom. The lowest BCUT2D eigenvalue weighted by atomic mass is 9.94. The molecule has 2 aromatic carbocycles. The third-order valence-electron chi connectivity index (χ3n) is 3.98. The van der Waals surface area contributed by atoms with Crippen LogP contribution in [0.25, 0.3) is 0 Å². The monoisotopic (exact) mass is 337 g/mol. The van der Waals surface area contributed by atoms with Crippen LogP contribution >= 0.6 is 0 Å². The van der Waals surface area contributed by atoms with Crippen molar-refractivity contribution in [2.45, 2.75) is 13.0 Å². The van der Waals surface area contributed by atoms with Crippen LogP contribution in [0.4, 0.5) is 0 Å². The summed E-state index contributed by atoms with van der Waals surface area (Å²) in [7, 11) is 1.41. The number of ketones is 1. The number of hydrogen-bond acceptors (Lipinski definition) is 5. The van der Waals surface area contributed by atoms with Crippen molar-refractivity contribution in [3.63, 3.8) is 0 Å². The van der Waals surface area contributed by atoms with E-state index in [1.165, 1.54) is 14.0 Å². The number of fused-ring (bicyclic) bond motifs is 1. The van der Waals surface area contributed by atoms with Gasteiger partial charge in [-0.05, 0) is 17.2 Å². The number of allylic oxidation sites excluding steroid dienone is 1. The molecule has 25 heavy (non-hydrogen) atoms. The third-order valence-corrected chi connectivity index (χ3v) is 3.98. The zero-order valence-corrected chi connectivity index (χ0v) is 14.0. The van der Waals surface area contributed by atoms with E-state index in [9.17, 15) is 9.59 Å². The fraction of sp³-hybridized carbons (Fsp3) is 0.158. The van der Waals surface area contributed by atoms with Crippen molar-refractivity contribution in [3.05, 3.63) is 82.8 Å². The molecule has 1 aliphatic rings. The van der Waals surface area contributed by atoms with Crippen LogP contribution in [0, 0.1) is 0 Å². The molecular weight excluding hydrogens is 318 g/mol. The Bertz CT molecular complexity index is 831. The van der Waals surface area contributed by atoms with Crippen LogP contribution in [0.3, 0.4) is 0 Å². The summed E-state index contributed by atoms with van der Waals surface area (Å²) in [4.78, 5) is 29.5. The summed E-state index contributed by atoms with van der Waals surface area (Å²) >= 11 is 0. The average Bonchev–Trinajstić information content (AvgIpc) is 2.77. The second-order valence-corrected chi connectivity index (χ2v) is 5.64. The van der Waals surface area contributed by atoms with Gasteiger partial charge in [0, 0.05) is 12.5 Å². The molecule has 6 heteroatoms. The first kappa shape index (κ1) is 16.7. The Morgan fingerprint density at radius 2 is 1.76 bits per heavy atom. The van der Waals surface area contributed by atoms with Gasteiger partial charge in [-0.2, -0.15) is 0 Å². The summed E-state index contributed by atoms with van der Waals surface area (Å²) in [6, 6.07) is 16.8. The van der Waals surface area contributed by atoms with Gasteiger partial charge in [0.05, 0.1) is 13.2 Å². The van der Waals surface area contributed by atoms with Crippen LogP contribution in [0.5, 0.6) is 0 Å². The molecule has 0 aromatic heterocycles. The van der Waals surface area contributed by atoms with Gasteiger partial charge in [-0.3, -0.25) is 19.9 Å². The summed E-state index contributed by atoms with van der Waals surface area (Å²) in [5.74, 6) is -0.264. The molecule has 0 saturated carbocycles. The number of benzene rings is 2. The van der Waals surface area contributed by atoms with Gasteiger partial charge in [-0.15, -0.1) is 0 Å². The van der Waals surface area contributed by atoms with E-state index in [0.717, 1.165) is 11.1 Å². The Hall–Kier alpha value is -3.12. The molecular formula is C19H19N3O3. The van der Waals surface area contributed by atoms with Crippen molar-refractivity contribution >= 4 is 11.7 Å². The van der Waals surface area contributed by atoms with Crippen molar-refractivity contribution in [3.8, 4) is 0 Å². The summed E-state index contributed by atoms with van der Waals surface area (Å²) in [6.45, 7) is 1.40. The van der Waals surface area contributed by atoms with Gasteiger partial charge in [-0.25, -0.2) is 0 Å². The van der Waals surface area contributed by atoms with Crippen LogP contribution in [0.1, 0.15) is 34.5 Å². The molecule has 0 bridgehead atoms. The van der Waals surface area contributed by atoms with Crippen molar-refractivity contribution in [1.29, 1.82) is 0 Å². The van der Waals surface area contributed by atoms with Gasteiger partial charge in [0.2, 0.25) is 0 Å². The molecule has 1 amide bonds. The standard InChI is InChI=1S/C19H19N3O3/c1-12(23)16(22-25-2)18-20-17(13-8-4-3-5-9-13)14-10-6-7-11-15(14)19(24)21-18/h3-11,17,20,22H,1-2H3,(H,21,24)/b18-16+. The van der Waals surface area contributed by atoms with Crippen molar-refractivity contribution in [1.82, 2.24) is 16.1 Å². The Balaban J connectivity index is 2.17.